The maximum atomic E-state index is 13.0. The van der Waals surface area contributed by atoms with Crippen molar-refractivity contribution in [2.45, 2.75) is 25.8 Å². The molecule has 0 spiro atoms. The van der Waals surface area contributed by atoms with Crippen LogP contribution in [-0.4, -0.2) is 47.4 Å². The maximum Gasteiger partial charge on any atom is 0.295 e. The molecule has 9 heteroatoms. The van der Waals surface area contributed by atoms with Gasteiger partial charge >= 0.3 is 0 Å². The zero-order valence-corrected chi connectivity index (χ0v) is 18.0. The minimum absolute atomic E-state index is 0.0767. The van der Waals surface area contributed by atoms with Crippen LogP contribution in [0.15, 0.2) is 48.0 Å². The molecule has 0 aromatic heterocycles. The van der Waals surface area contributed by atoms with Crippen molar-refractivity contribution in [3.63, 3.8) is 0 Å². The van der Waals surface area contributed by atoms with Crippen molar-refractivity contribution in [1.29, 1.82) is 0 Å². The number of carbonyl (C=O) groups is 2. The van der Waals surface area contributed by atoms with Crippen molar-refractivity contribution < 1.29 is 29.1 Å². The Hall–Kier alpha value is -3.88. The Kier molecular flexibility index (Phi) is 6.77. The van der Waals surface area contributed by atoms with Crippen LogP contribution in [0, 0.1) is 10.1 Å². The summed E-state index contributed by atoms with van der Waals surface area (Å²) in [5.41, 5.74) is 0.546. The van der Waals surface area contributed by atoms with Crippen molar-refractivity contribution >= 4 is 23.1 Å². The number of Topliss-reactive ketones (excluding diaryl/α,β-unsaturated/α-hetero) is 1. The number of aliphatic hydroxyl groups is 1. The van der Waals surface area contributed by atoms with Crippen LogP contribution in [-0.2, 0) is 9.59 Å². The van der Waals surface area contributed by atoms with E-state index in [-0.39, 0.29) is 16.8 Å². The molecule has 9 nitrogen and oxygen atoms in total. The van der Waals surface area contributed by atoms with Gasteiger partial charge in [-0.1, -0.05) is 19.4 Å². The van der Waals surface area contributed by atoms with Gasteiger partial charge in [0.05, 0.1) is 30.8 Å². The summed E-state index contributed by atoms with van der Waals surface area (Å²) in [4.78, 5) is 37.6. The maximum absolute atomic E-state index is 13.0. The third-order valence-corrected chi connectivity index (χ3v) is 5.37. The van der Waals surface area contributed by atoms with E-state index in [9.17, 15) is 24.8 Å². The zero-order chi connectivity index (χ0) is 23.4. The summed E-state index contributed by atoms with van der Waals surface area (Å²) in [5, 5.41) is 21.9. The minimum Gasteiger partial charge on any atom is -0.507 e. The zero-order valence-electron chi connectivity index (χ0n) is 18.0. The lowest BCUT2D eigenvalue weighted by atomic mass is 9.95. The number of non-ortho nitro benzene ring substituents is 1. The number of hydrogen-bond donors (Lipinski definition) is 1. The van der Waals surface area contributed by atoms with Gasteiger partial charge in [-0.3, -0.25) is 19.7 Å². The molecular formula is C23H24N2O7. The number of ether oxygens (including phenoxy) is 2. The molecule has 0 aliphatic carbocycles. The van der Waals surface area contributed by atoms with E-state index in [0.717, 1.165) is 6.42 Å². The summed E-state index contributed by atoms with van der Waals surface area (Å²) >= 11 is 0. The molecule has 0 unspecified atom stereocenters. The van der Waals surface area contributed by atoms with E-state index in [1.807, 2.05) is 6.92 Å². The number of aliphatic hydroxyl groups excluding tert-OH is 1. The lowest BCUT2D eigenvalue weighted by Gasteiger charge is -2.25. The molecule has 0 radical (unpaired) electrons. The predicted octanol–water partition coefficient (Wildman–Crippen LogP) is 3.83. The molecule has 0 saturated carbocycles. The van der Waals surface area contributed by atoms with Crippen LogP contribution >= 0.6 is 0 Å². The van der Waals surface area contributed by atoms with Crippen molar-refractivity contribution in [3.05, 3.63) is 69.3 Å². The first-order valence-corrected chi connectivity index (χ1v) is 10.1. The molecule has 1 saturated heterocycles. The fourth-order valence-corrected chi connectivity index (χ4v) is 3.71. The van der Waals surface area contributed by atoms with E-state index in [1.54, 1.807) is 18.2 Å². The van der Waals surface area contributed by atoms with Crippen molar-refractivity contribution in [2.24, 2.45) is 0 Å². The van der Waals surface area contributed by atoms with Crippen molar-refractivity contribution in [1.82, 2.24) is 4.90 Å². The second kappa shape index (κ2) is 9.51. The second-order valence-electron chi connectivity index (χ2n) is 7.26. The number of benzene rings is 2. The molecule has 2 aromatic carbocycles. The Labute approximate surface area is 185 Å². The highest BCUT2D eigenvalue weighted by Gasteiger charge is 2.46. The molecule has 1 atom stereocenters. The van der Waals surface area contributed by atoms with Gasteiger partial charge in [0.1, 0.15) is 5.76 Å². The summed E-state index contributed by atoms with van der Waals surface area (Å²) in [5.74, 6) is -1.01. The first kappa shape index (κ1) is 22.8. The van der Waals surface area contributed by atoms with Gasteiger partial charge in [-0.15, -0.1) is 0 Å². The van der Waals surface area contributed by atoms with E-state index >= 15 is 0 Å². The quantitative estimate of drug-likeness (QED) is 0.218. The molecule has 2 aromatic rings. The number of methoxy groups -OCH3 is 2. The number of likely N-dealkylation sites (tertiary alicyclic amines) is 1. The van der Waals surface area contributed by atoms with Gasteiger partial charge in [0.25, 0.3) is 17.4 Å². The largest absolute Gasteiger partial charge is 0.507 e. The highest BCUT2D eigenvalue weighted by Crippen LogP contribution is 2.42. The average molecular weight is 440 g/mol. The molecule has 1 heterocycles. The number of rotatable bonds is 8. The number of nitrogens with zero attached hydrogens (tertiary/aromatic N) is 2. The van der Waals surface area contributed by atoms with Gasteiger partial charge in [-0.2, -0.15) is 0 Å². The fraction of sp³-hybridized carbons (Fsp3) is 0.304. The van der Waals surface area contributed by atoms with Crippen molar-refractivity contribution in [3.8, 4) is 11.5 Å². The molecule has 1 amide bonds. The van der Waals surface area contributed by atoms with Gasteiger partial charge in [-0.05, 0) is 36.2 Å². The molecule has 1 aliphatic heterocycles. The molecule has 32 heavy (non-hydrogen) atoms. The summed E-state index contributed by atoms with van der Waals surface area (Å²) in [6.45, 7) is 2.30. The Bertz CT molecular complexity index is 1080. The number of nitro groups is 1. The Morgan fingerprint density at radius 2 is 1.75 bits per heavy atom. The van der Waals surface area contributed by atoms with Crippen LogP contribution in [0.1, 0.15) is 36.9 Å². The lowest BCUT2D eigenvalue weighted by Crippen LogP contribution is -2.30. The summed E-state index contributed by atoms with van der Waals surface area (Å²) in [6, 6.07) is 9.35. The molecule has 1 N–H and O–H groups in total. The topological polar surface area (TPSA) is 119 Å². The van der Waals surface area contributed by atoms with E-state index in [2.05, 4.69) is 0 Å². The second-order valence-corrected chi connectivity index (χ2v) is 7.26. The van der Waals surface area contributed by atoms with Gasteiger partial charge in [0, 0.05) is 24.2 Å². The third kappa shape index (κ3) is 4.14. The first-order chi connectivity index (χ1) is 15.3. The van der Waals surface area contributed by atoms with Crippen LogP contribution < -0.4 is 9.47 Å². The molecule has 3 rings (SSSR count). The Morgan fingerprint density at radius 3 is 2.31 bits per heavy atom. The molecule has 1 aliphatic rings. The lowest BCUT2D eigenvalue weighted by molar-refractivity contribution is -0.384. The highest BCUT2D eigenvalue weighted by molar-refractivity contribution is 6.46. The standard InChI is InChI=1S/C23H24N2O7/c1-4-5-12-24-20(15-8-11-17(31-2)18(13-15)32-3)19(22(27)23(24)28)21(26)14-6-9-16(10-7-14)25(29)30/h6-11,13,20,26H,4-5,12H2,1-3H3/t20-/m1/s1. The number of ketones is 1. The normalized spacial score (nSPS) is 17.5. The SMILES string of the molecule is CCCCN1C(=O)C(=O)C(=C(O)c2ccc([N+](=O)[O-])cc2)[C@H]1c1ccc(OC)c(OC)c1. The van der Waals surface area contributed by atoms with E-state index in [1.165, 1.54) is 43.4 Å². The molecule has 168 valence electrons. The minimum atomic E-state index is -0.837. The van der Waals surface area contributed by atoms with Crippen LogP contribution in [0.3, 0.4) is 0 Å². The van der Waals surface area contributed by atoms with Crippen LogP contribution in [0.5, 0.6) is 11.5 Å². The monoisotopic (exact) mass is 440 g/mol. The Balaban J connectivity index is 2.17. The summed E-state index contributed by atoms with van der Waals surface area (Å²) in [7, 11) is 2.98. The van der Waals surface area contributed by atoms with Crippen molar-refractivity contribution in [2.75, 3.05) is 20.8 Å². The van der Waals surface area contributed by atoms with Gasteiger partial charge in [-0.25, -0.2) is 0 Å². The van der Waals surface area contributed by atoms with Gasteiger partial charge in [0.2, 0.25) is 0 Å². The number of hydrogen-bond acceptors (Lipinski definition) is 7. The average Bonchev–Trinajstić information content (AvgIpc) is 3.06. The number of carbonyl (C=O) groups excluding carboxylic acids is 2. The molecule has 0 bridgehead atoms. The smallest absolute Gasteiger partial charge is 0.295 e. The van der Waals surface area contributed by atoms with Crippen LogP contribution in [0.25, 0.3) is 5.76 Å². The van der Waals surface area contributed by atoms with Crippen LogP contribution in [0.2, 0.25) is 0 Å². The third-order valence-electron chi connectivity index (χ3n) is 5.37. The predicted molar refractivity (Wildman–Crippen MR) is 117 cm³/mol. The van der Waals surface area contributed by atoms with Gasteiger partial charge in [0.15, 0.2) is 11.5 Å². The number of nitro benzene ring substituents is 1. The highest BCUT2D eigenvalue weighted by atomic mass is 16.6. The summed E-state index contributed by atoms with van der Waals surface area (Å²) < 4.78 is 10.6. The number of unbranched alkanes of at least 4 members (excludes halogenated alkanes) is 1. The molecule has 1 fully saturated rings. The van der Waals surface area contributed by atoms with E-state index in [4.69, 9.17) is 9.47 Å². The number of amides is 1. The Morgan fingerprint density at radius 1 is 1.09 bits per heavy atom. The molecular weight excluding hydrogens is 416 g/mol. The van der Waals surface area contributed by atoms with Gasteiger partial charge < -0.3 is 19.5 Å². The summed E-state index contributed by atoms with van der Waals surface area (Å²) in [6.07, 6.45) is 1.48. The van der Waals surface area contributed by atoms with Crippen LogP contribution in [0.4, 0.5) is 5.69 Å². The fourth-order valence-electron chi connectivity index (χ4n) is 3.71. The van der Waals surface area contributed by atoms with E-state index in [0.29, 0.717) is 30.0 Å². The van der Waals surface area contributed by atoms with E-state index < -0.39 is 28.4 Å². The first-order valence-electron chi connectivity index (χ1n) is 10.1.